The van der Waals surface area contributed by atoms with E-state index in [2.05, 4.69) is 66.8 Å². The van der Waals surface area contributed by atoms with E-state index in [0.29, 0.717) is 18.7 Å². The van der Waals surface area contributed by atoms with E-state index in [4.69, 9.17) is 15.3 Å². The van der Waals surface area contributed by atoms with Crippen molar-refractivity contribution in [2.75, 3.05) is 17.2 Å². The van der Waals surface area contributed by atoms with Crippen LogP contribution in [0.4, 0.5) is 11.5 Å². The molecule has 0 amide bonds. The molecule has 7 heteroatoms. The van der Waals surface area contributed by atoms with E-state index in [-0.39, 0.29) is 5.78 Å². The number of likely N-dealkylation sites (N-methyl/N-ethyl adjacent to an activating group) is 1. The number of Topliss-reactive ketones (excluding diaryl/α,β-unsaturated/α-hetero) is 1. The average molecular weight is 545 g/mol. The largest absolute Gasteiger partial charge is 0.383 e. The number of anilines is 2. The lowest BCUT2D eigenvalue weighted by Crippen LogP contribution is -2.20. The van der Waals surface area contributed by atoms with E-state index in [0.717, 1.165) is 41.3 Å². The van der Waals surface area contributed by atoms with Gasteiger partial charge in [0, 0.05) is 35.6 Å². The summed E-state index contributed by atoms with van der Waals surface area (Å²) < 4.78 is 1.74. The topological polar surface area (TPSA) is 98.3 Å². The highest BCUT2D eigenvalue weighted by atomic mass is 16.1. The Morgan fingerprint density at radius 3 is 1.95 bits per heavy atom. The third-order valence-corrected chi connectivity index (χ3v) is 5.97. The number of rotatable bonds is 10. The summed E-state index contributed by atoms with van der Waals surface area (Å²) in [5.74, 6) is 0.759. The number of carbonyl (C=O) groups excluding carboxylic acids is 3. The number of carbonyl (C=O) groups is 3. The molecular weight excluding hydrogens is 500 g/mol. The summed E-state index contributed by atoms with van der Waals surface area (Å²) in [6.45, 7) is 18.6. The van der Waals surface area contributed by atoms with Crippen LogP contribution in [0.3, 0.4) is 0 Å². The molecule has 214 valence electrons. The summed E-state index contributed by atoms with van der Waals surface area (Å²) in [6.07, 6.45) is 8.07. The van der Waals surface area contributed by atoms with Crippen LogP contribution in [0.15, 0.2) is 91.2 Å². The molecule has 0 spiro atoms. The van der Waals surface area contributed by atoms with E-state index < -0.39 is 0 Å². The van der Waals surface area contributed by atoms with Gasteiger partial charge in [-0.05, 0) is 76.5 Å². The zero-order valence-corrected chi connectivity index (χ0v) is 24.6. The van der Waals surface area contributed by atoms with Crippen LogP contribution in [0, 0.1) is 6.92 Å². The predicted molar refractivity (Wildman–Crippen MR) is 168 cm³/mol. The number of para-hydroxylation sites is 1. The van der Waals surface area contributed by atoms with Crippen LogP contribution >= 0.6 is 0 Å². The molecule has 3 aromatic rings. The zero-order valence-electron chi connectivity index (χ0n) is 24.6. The van der Waals surface area contributed by atoms with Gasteiger partial charge in [0.15, 0.2) is 0 Å². The van der Waals surface area contributed by atoms with E-state index in [1.165, 1.54) is 5.56 Å². The molecule has 2 aromatic carbocycles. The highest BCUT2D eigenvalue weighted by molar-refractivity contribution is 5.75. The molecule has 1 aromatic heterocycles. The fourth-order valence-electron chi connectivity index (χ4n) is 3.74. The Labute approximate surface area is 239 Å². The normalized spacial score (nSPS) is 10.5. The first-order valence-corrected chi connectivity index (χ1v) is 13.1. The van der Waals surface area contributed by atoms with Crippen LogP contribution in [-0.4, -0.2) is 35.7 Å². The van der Waals surface area contributed by atoms with Crippen molar-refractivity contribution in [1.29, 1.82) is 0 Å². The maximum atomic E-state index is 11.3. The number of nitrogens with zero attached hydrogens (tertiary/aromatic N) is 3. The third kappa shape index (κ3) is 11.5. The Morgan fingerprint density at radius 2 is 1.50 bits per heavy atom. The molecule has 0 aliphatic rings. The van der Waals surface area contributed by atoms with Crippen molar-refractivity contribution in [1.82, 2.24) is 9.78 Å². The number of aryl methyl sites for hydroxylation is 2. The minimum absolute atomic E-state index is 0.152. The number of nitrogen functional groups attached to an aromatic ring is 1. The van der Waals surface area contributed by atoms with Crippen LogP contribution in [-0.2, 0) is 27.2 Å². The number of aromatic nitrogens is 2. The van der Waals surface area contributed by atoms with Crippen LogP contribution < -0.4 is 10.6 Å². The van der Waals surface area contributed by atoms with Crippen molar-refractivity contribution in [3.8, 4) is 0 Å². The van der Waals surface area contributed by atoms with Gasteiger partial charge in [0.25, 0.3) is 0 Å². The lowest BCUT2D eigenvalue weighted by atomic mass is 10.1. The molecule has 2 N–H and O–H groups in total. The Morgan fingerprint density at radius 1 is 0.950 bits per heavy atom. The number of hydrogen-bond acceptors (Lipinski definition) is 6. The fourth-order valence-corrected chi connectivity index (χ4v) is 3.74. The number of allylic oxidation sites excluding steroid dienone is 4. The summed E-state index contributed by atoms with van der Waals surface area (Å²) in [6, 6.07) is 20.7. The van der Waals surface area contributed by atoms with Crippen LogP contribution in [0.5, 0.6) is 0 Å². The SMILES string of the molecule is C=C/C(=C\C=C(/C)n1nc(CCC(C)=O)c(C)c1N)N(CC)c1ccccc1.C=O.C=O.CCc1ccccc1. The standard InChI is InChI=1S/C23H30N4O.C8H10.2CH2O/c1-6-20(26(7-2)21-11-9-8-10-12-21)15-13-17(3)27-23(24)19(5)22(25-27)16-14-18(4)28;1-2-8-6-4-3-5-7-8;2*1-2/h6,8-13,15H,1,7,14,16,24H2,2-5H3;3-7H,2H2,1H3;2*1H2/b17-13+,20-15+;;;. The van der Waals surface area contributed by atoms with Crippen molar-refractivity contribution in [3.63, 3.8) is 0 Å². The van der Waals surface area contributed by atoms with Gasteiger partial charge in [-0.3, -0.25) is 0 Å². The molecule has 0 fully saturated rings. The second-order valence-corrected chi connectivity index (χ2v) is 8.59. The van der Waals surface area contributed by atoms with Crippen molar-refractivity contribution in [2.45, 2.75) is 53.9 Å². The Hall–Kier alpha value is -4.52. The summed E-state index contributed by atoms with van der Waals surface area (Å²) >= 11 is 0. The predicted octanol–water partition coefficient (Wildman–Crippen LogP) is 6.63. The van der Waals surface area contributed by atoms with E-state index in [1.807, 2.05) is 69.9 Å². The maximum Gasteiger partial charge on any atom is 0.130 e. The number of ketones is 1. The summed E-state index contributed by atoms with van der Waals surface area (Å²) in [5.41, 5.74) is 12.5. The minimum atomic E-state index is 0.152. The van der Waals surface area contributed by atoms with Crippen LogP contribution in [0.2, 0.25) is 0 Å². The van der Waals surface area contributed by atoms with Crippen molar-refractivity contribution in [3.05, 3.63) is 108 Å². The number of hydrogen-bond donors (Lipinski definition) is 1. The zero-order chi connectivity index (χ0) is 30.5. The fraction of sp³-hybridized carbons (Fsp3) is 0.273. The van der Waals surface area contributed by atoms with Gasteiger partial charge in [-0.1, -0.05) is 62.0 Å². The summed E-state index contributed by atoms with van der Waals surface area (Å²) in [4.78, 5) is 29.5. The Balaban J connectivity index is 0.00000106. The first-order valence-electron chi connectivity index (χ1n) is 13.1. The summed E-state index contributed by atoms with van der Waals surface area (Å²) in [5, 5.41) is 4.61. The highest BCUT2D eigenvalue weighted by Crippen LogP contribution is 2.22. The Bertz CT molecular complexity index is 1210. The molecule has 0 aliphatic carbocycles. The van der Waals surface area contributed by atoms with Gasteiger partial charge < -0.3 is 25.0 Å². The second kappa shape index (κ2) is 20.4. The van der Waals surface area contributed by atoms with Gasteiger partial charge in [0.2, 0.25) is 0 Å². The van der Waals surface area contributed by atoms with Gasteiger partial charge in [0.1, 0.15) is 25.2 Å². The average Bonchev–Trinajstić information content (AvgIpc) is 3.30. The van der Waals surface area contributed by atoms with Crippen LogP contribution in [0.1, 0.15) is 50.9 Å². The quantitative estimate of drug-likeness (QED) is 0.288. The summed E-state index contributed by atoms with van der Waals surface area (Å²) in [7, 11) is 0. The molecular formula is C33H44N4O3. The van der Waals surface area contributed by atoms with Gasteiger partial charge in [-0.25, -0.2) is 4.68 Å². The lowest BCUT2D eigenvalue weighted by Gasteiger charge is -2.24. The third-order valence-electron chi connectivity index (χ3n) is 5.97. The van der Waals surface area contributed by atoms with Gasteiger partial charge in [-0.15, -0.1) is 0 Å². The first-order chi connectivity index (χ1) is 19.3. The molecule has 0 atom stereocenters. The van der Waals surface area contributed by atoms with Gasteiger partial charge in [0.05, 0.1) is 5.69 Å². The van der Waals surface area contributed by atoms with E-state index in [1.54, 1.807) is 11.6 Å². The molecule has 0 bridgehead atoms. The molecule has 0 saturated heterocycles. The lowest BCUT2D eigenvalue weighted by molar-refractivity contribution is -0.117. The Kier molecular flexibility index (Phi) is 18.1. The molecule has 0 saturated carbocycles. The van der Waals surface area contributed by atoms with Crippen LogP contribution in [0.25, 0.3) is 5.70 Å². The molecule has 3 rings (SSSR count). The van der Waals surface area contributed by atoms with E-state index >= 15 is 0 Å². The van der Waals surface area contributed by atoms with Crippen molar-refractivity contribution < 1.29 is 14.4 Å². The smallest absolute Gasteiger partial charge is 0.130 e. The first kappa shape index (κ1) is 35.5. The number of nitrogens with two attached hydrogens (primary N) is 1. The number of benzene rings is 2. The monoisotopic (exact) mass is 544 g/mol. The second-order valence-electron chi connectivity index (χ2n) is 8.59. The molecule has 0 unspecified atom stereocenters. The van der Waals surface area contributed by atoms with Gasteiger partial charge in [-0.2, -0.15) is 5.10 Å². The van der Waals surface area contributed by atoms with E-state index in [9.17, 15) is 4.79 Å². The van der Waals surface area contributed by atoms with Crippen molar-refractivity contribution in [2.24, 2.45) is 0 Å². The van der Waals surface area contributed by atoms with Gasteiger partial charge >= 0.3 is 0 Å². The van der Waals surface area contributed by atoms with Crippen molar-refractivity contribution >= 4 is 36.6 Å². The molecule has 40 heavy (non-hydrogen) atoms. The maximum absolute atomic E-state index is 11.3. The highest BCUT2D eigenvalue weighted by Gasteiger charge is 2.13. The molecule has 0 radical (unpaired) electrons. The molecule has 7 nitrogen and oxygen atoms in total. The minimum Gasteiger partial charge on any atom is -0.383 e. The molecule has 0 aliphatic heterocycles. The molecule has 1 heterocycles.